The monoisotopic (exact) mass is 346 g/mol. The Labute approximate surface area is 118 Å². The van der Waals surface area contributed by atoms with E-state index < -0.39 is 22.6 Å². The Kier molecular flexibility index (Phi) is 4.16. The normalized spacial score (nSPS) is 12.3. The predicted octanol–water partition coefficient (Wildman–Crippen LogP) is 3.19. The molecule has 0 aliphatic carbocycles. The van der Waals surface area contributed by atoms with Crippen LogP contribution in [0.25, 0.3) is 0 Å². The molecule has 0 aliphatic heterocycles. The molecule has 1 atom stereocenters. The maximum Gasteiger partial charge on any atom is 0.371 e. The lowest BCUT2D eigenvalue weighted by atomic mass is 10.2. The second-order valence-corrected chi connectivity index (χ2v) is 5.90. The summed E-state index contributed by atoms with van der Waals surface area (Å²) in [6.45, 7) is 0. The topological polar surface area (TPSA) is 67.5 Å². The van der Waals surface area contributed by atoms with Crippen molar-refractivity contribution in [1.29, 1.82) is 0 Å². The molecule has 0 saturated carbocycles. The van der Waals surface area contributed by atoms with Crippen molar-refractivity contribution in [3.8, 4) is 0 Å². The lowest BCUT2D eigenvalue weighted by Crippen LogP contribution is -1.96. The van der Waals surface area contributed by atoms with Gasteiger partial charge in [0.05, 0.1) is 21.0 Å². The molecule has 0 radical (unpaired) electrons. The highest BCUT2D eigenvalue weighted by Crippen LogP contribution is 2.20. The van der Waals surface area contributed by atoms with Gasteiger partial charge in [-0.1, -0.05) is 6.07 Å². The van der Waals surface area contributed by atoms with Gasteiger partial charge >= 0.3 is 5.97 Å². The van der Waals surface area contributed by atoms with Gasteiger partial charge in [-0.25, -0.2) is 9.18 Å². The number of furan rings is 1. The summed E-state index contributed by atoms with van der Waals surface area (Å²) in [7, 11) is -1.52. The molecule has 7 heteroatoms. The minimum Gasteiger partial charge on any atom is -0.475 e. The first kappa shape index (κ1) is 14.0. The number of halogens is 2. The Morgan fingerprint density at radius 3 is 2.68 bits per heavy atom. The molecule has 0 saturated heterocycles. The number of hydrogen-bond donors (Lipinski definition) is 1. The molecule has 0 fully saturated rings. The average molecular weight is 347 g/mol. The van der Waals surface area contributed by atoms with Gasteiger partial charge in [-0.15, -0.1) is 0 Å². The molecule has 1 N–H and O–H groups in total. The third-order valence-corrected chi connectivity index (χ3v) is 4.17. The van der Waals surface area contributed by atoms with E-state index in [-0.39, 0.29) is 21.1 Å². The van der Waals surface area contributed by atoms with Gasteiger partial charge in [-0.2, -0.15) is 0 Å². The SMILES string of the molecule is O=C(O)c1ccc(S(=O)Cc2ccc(F)c(Br)c2)o1. The van der Waals surface area contributed by atoms with Crippen molar-refractivity contribution in [2.45, 2.75) is 10.8 Å². The van der Waals surface area contributed by atoms with Crippen LogP contribution in [0.3, 0.4) is 0 Å². The van der Waals surface area contributed by atoms with E-state index in [2.05, 4.69) is 15.9 Å². The summed E-state index contributed by atoms with van der Waals surface area (Å²) >= 11 is 3.04. The van der Waals surface area contributed by atoms with Crippen LogP contribution in [-0.4, -0.2) is 15.3 Å². The first-order valence-electron chi connectivity index (χ1n) is 5.13. The summed E-state index contributed by atoms with van der Waals surface area (Å²) in [5.41, 5.74) is 0.653. The molecule has 0 spiro atoms. The number of carboxylic acid groups (broad SMARTS) is 1. The standard InChI is InChI=1S/C12H8BrFO4S/c13-8-5-7(1-2-9(8)14)6-19(17)11-4-3-10(18-11)12(15)16/h1-5H,6H2,(H,15,16). The molecule has 1 heterocycles. The number of benzene rings is 1. The zero-order chi connectivity index (χ0) is 14.0. The molecule has 4 nitrogen and oxygen atoms in total. The maximum atomic E-state index is 13.0. The maximum absolute atomic E-state index is 13.0. The number of carbonyl (C=O) groups is 1. The van der Waals surface area contributed by atoms with Gasteiger partial charge in [0.25, 0.3) is 0 Å². The molecule has 100 valence electrons. The fraction of sp³-hybridized carbons (Fsp3) is 0.0833. The van der Waals surface area contributed by atoms with Crippen LogP contribution in [0.2, 0.25) is 0 Å². The third kappa shape index (κ3) is 3.30. The van der Waals surface area contributed by atoms with Crippen molar-refractivity contribution in [2.24, 2.45) is 0 Å². The summed E-state index contributed by atoms with van der Waals surface area (Å²) in [5, 5.41) is 8.78. The summed E-state index contributed by atoms with van der Waals surface area (Å²) in [6.07, 6.45) is 0. The largest absolute Gasteiger partial charge is 0.475 e. The lowest BCUT2D eigenvalue weighted by molar-refractivity contribution is 0.0656. The zero-order valence-electron chi connectivity index (χ0n) is 9.43. The number of aromatic carboxylic acids is 1. The fourth-order valence-electron chi connectivity index (χ4n) is 1.41. The second kappa shape index (κ2) is 5.66. The van der Waals surface area contributed by atoms with E-state index in [1.54, 1.807) is 0 Å². The van der Waals surface area contributed by atoms with Crippen LogP contribution in [-0.2, 0) is 16.6 Å². The van der Waals surface area contributed by atoms with Crippen molar-refractivity contribution in [2.75, 3.05) is 0 Å². The van der Waals surface area contributed by atoms with Crippen molar-refractivity contribution < 1.29 is 22.9 Å². The van der Waals surface area contributed by atoms with Crippen LogP contribution in [0.1, 0.15) is 16.1 Å². The first-order chi connectivity index (χ1) is 8.97. The molecular formula is C12H8BrFO4S. The van der Waals surface area contributed by atoms with Crippen LogP contribution in [0, 0.1) is 5.82 Å². The third-order valence-electron chi connectivity index (χ3n) is 2.30. The lowest BCUT2D eigenvalue weighted by Gasteiger charge is -2.01. The summed E-state index contributed by atoms with van der Waals surface area (Å²) in [4.78, 5) is 10.6. The smallest absolute Gasteiger partial charge is 0.371 e. The number of rotatable bonds is 4. The summed E-state index contributed by atoms with van der Waals surface area (Å²) in [5.74, 6) is -1.76. The predicted molar refractivity (Wildman–Crippen MR) is 69.9 cm³/mol. The fourth-order valence-corrected chi connectivity index (χ4v) is 2.86. The van der Waals surface area contributed by atoms with Crippen LogP contribution in [0.15, 0.2) is 44.3 Å². The van der Waals surface area contributed by atoms with Crippen molar-refractivity contribution in [3.63, 3.8) is 0 Å². The van der Waals surface area contributed by atoms with E-state index in [0.717, 1.165) is 0 Å². The molecule has 1 unspecified atom stereocenters. The van der Waals surface area contributed by atoms with Gasteiger partial charge in [0.1, 0.15) is 5.82 Å². The molecular weight excluding hydrogens is 339 g/mol. The molecule has 19 heavy (non-hydrogen) atoms. The summed E-state index contributed by atoms with van der Waals surface area (Å²) in [6, 6.07) is 6.91. The van der Waals surface area contributed by atoms with Gasteiger partial charge in [-0.3, -0.25) is 4.21 Å². The molecule has 2 rings (SSSR count). The van der Waals surface area contributed by atoms with E-state index in [4.69, 9.17) is 9.52 Å². The summed E-state index contributed by atoms with van der Waals surface area (Å²) < 4.78 is 30.2. The van der Waals surface area contributed by atoms with Gasteiger partial charge < -0.3 is 9.52 Å². The van der Waals surface area contributed by atoms with Crippen molar-refractivity contribution in [3.05, 3.63) is 51.9 Å². The minimum atomic E-state index is -1.52. The van der Waals surface area contributed by atoms with Gasteiger partial charge in [-0.05, 0) is 45.8 Å². The van der Waals surface area contributed by atoms with E-state index >= 15 is 0 Å². The van der Waals surface area contributed by atoms with Gasteiger partial charge in [0, 0.05) is 0 Å². The number of hydrogen-bond acceptors (Lipinski definition) is 3. The van der Waals surface area contributed by atoms with E-state index in [0.29, 0.717) is 5.56 Å². The zero-order valence-corrected chi connectivity index (χ0v) is 11.8. The van der Waals surface area contributed by atoms with Crippen LogP contribution in [0.4, 0.5) is 4.39 Å². The highest BCUT2D eigenvalue weighted by atomic mass is 79.9. The molecule has 1 aromatic carbocycles. The molecule has 0 amide bonds. The highest BCUT2D eigenvalue weighted by molar-refractivity contribution is 9.10. The van der Waals surface area contributed by atoms with Gasteiger partial charge in [0.2, 0.25) is 5.76 Å². The number of carboxylic acids is 1. The van der Waals surface area contributed by atoms with Crippen LogP contribution >= 0.6 is 15.9 Å². The first-order valence-corrected chi connectivity index (χ1v) is 7.24. The van der Waals surface area contributed by atoms with Gasteiger partial charge in [0.15, 0.2) is 5.09 Å². The minimum absolute atomic E-state index is 0.0813. The molecule has 2 aromatic rings. The van der Waals surface area contributed by atoms with Crippen LogP contribution in [0.5, 0.6) is 0 Å². The van der Waals surface area contributed by atoms with Crippen molar-refractivity contribution >= 4 is 32.7 Å². The Morgan fingerprint density at radius 2 is 2.11 bits per heavy atom. The molecule has 1 aromatic heterocycles. The van der Waals surface area contributed by atoms with E-state index in [1.165, 1.54) is 30.3 Å². The van der Waals surface area contributed by atoms with Crippen LogP contribution < -0.4 is 0 Å². The average Bonchev–Trinajstić information content (AvgIpc) is 2.83. The Bertz CT molecular complexity index is 653. The van der Waals surface area contributed by atoms with Crippen molar-refractivity contribution in [1.82, 2.24) is 0 Å². The Balaban J connectivity index is 2.15. The quantitative estimate of drug-likeness (QED) is 0.922. The Hall–Kier alpha value is -1.47. The second-order valence-electron chi connectivity index (χ2n) is 3.66. The molecule has 0 bridgehead atoms. The van der Waals surface area contributed by atoms with E-state index in [9.17, 15) is 13.4 Å². The highest BCUT2D eigenvalue weighted by Gasteiger charge is 2.14. The Morgan fingerprint density at radius 1 is 1.37 bits per heavy atom. The van der Waals surface area contributed by atoms with E-state index in [1.807, 2.05) is 0 Å². The molecule has 0 aliphatic rings.